The number of carbonyl (C=O) groups is 1. The van der Waals surface area contributed by atoms with Crippen molar-refractivity contribution in [3.8, 4) is 11.5 Å². The van der Waals surface area contributed by atoms with Gasteiger partial charge >= 0.3 is 0 Å². The Morgan fingerprint density at radius 2 is 2.20 bits per heavy atom. The van der Waals surface area contributed by atoms with Crippen molar-refractivity contribution in [2.75, 3.05) is 24.8 Å². The number of carbonyl (C=O) groups excluding carboxylic acids is 1. The van der Waals surface area contributed by atoms with Crippen LogP contribution in [0.5, 0.6) is 11.5 Å². The van der Waals surface area contributed by atoms with Crippen molar-refractivity contribution in [1.29, 1.82) is 0 Å². The van der Waals surface area contributed by atoms with Gasteiger partial charge in [-0.15, -0.1) is 11.8 Å². The monoisotopic (exact) mass is 294 g/mol. The van der Waals surface area contributed by atoms with Gasteiger partial charge in [-0.1, -0.05) is 6.07 Å². The zero-order valence-corrected chi connectivity index (χ0v) is 12.2. The van der Waals surface area contributed by atoms with Crippen molar-refractivity contribution in [3.63, 3.8) is 0 Å². The van der Waals surface area contributed by atoms with Gasteiger partial charge in [0.1, 0.15) is 13.2 Å². The van der Waals surface area contributed by atoms with E-state index in [4.69, 9.17) is 9.47 Å². The van der Waals surface area contributed by atoms with Crippen molar-refractivity contribution in [2.45, 2.75) is 19.0 Å². The SMILES string of the molecule is CC(NC(=O)C1CSCN1)c1ccc2c(c1)OCCO2. The summed E-state index contributed by atoms with van der Waals surface area (Å²) in [5.74, 6) is 3.25. The summed E-state index contributed by atoms with van der Waals surface area (Å²) in [4.78, 5) is 12.1. The third-order valence-corrected chi connectivity index (χ3v) is 4.40. The molecule has 1 aromatic rings. The molecule has 0 radical (unpaired) electrons. The Hall–Kier alpha value is -1.40. The molecule has 2 aliphatic heterocycles. The predicted octanol–water partition coefficient (Wildman–Crippen LogP) is 1.30. The fourth-order valence-corrected chi connectivity index (χ4v) is 3.23. The highest BCUT2D eigenvalue weighted by molar-refractivity contribution is 7.99. The molecule has 2 N–H and O–H groups in total. The van der Waals surface area contributed by atoms with Crippen molar-refractivity contribution >= 4 is 17.7 Å². The van der Waals surface area contributed by atoms with Gasteiger partial charge in [-0.05, 0) is 24.6 Å². The van der Waals surface area contributed by atoms with Gasteiger partial charge in [-0.25, -0.2) is 0 Å². The largest absolute Gasteiger partial charge is 0.486 e. The average Bonchev–Trinajstić information content (AvgIpc) is 3.01. The van der Waals surface area contributed by atoms with Crippen molar-refractivity contribution < 1.29 is 14.3 Å². The number of thioether (sulfide) groups is 1. The predicted molar refractivity (Wildman–Crippen MR) is 78.2 cm³/mol. The van der Waals surface area contributed by atoms with E-state index >= 15 is 0 Å². The van der Waals surface area contributed by atoms with Crippen LogP contribution in [0.25, 0.3) is 0 Å². The van der Waals surface area contributed by atoms with Crippen molar-refractivity contribution in [2.24, 2.45) is 0 Å². The van der Waals surface area contributed by atoms with Crippen LogP contribution in [-0.4, -0.2) is 36.8 Å². The molecule has 0 bridgehead atoms. The molecule has 0 aliphatic carbocycles. The van der Waals surface area contributed by atoms with E-state index in [0.717, 1.165) is 28.7 Å². The molecule has 0 spiro atoms. The first-order valence-electron chi connectivity index (χ1n) is 6.75. The topological polar surface area (TPSA) is 59.6 Å². The molecule has 5 nitrogen and oxygen atoms in total. The summed E-state index contributed by atoms with van der Waals surface area (Å²) >= 11 is 1.74. The first-order valence-corrected chi connectivity index (χ1v) is 7.90. The highest BCUT2D eigenvalue weighted by atomic mass is 32.2. The molecule has 3 rings (SSSR count). The Bertz CT molecular complexity index is 503. The third-order valence-electron chi connectivity index (χ3n) is 3.46. The van der Waals surface area contributed by atoms with Gasteiger partial charge in [0.25, 0.3) is 0 Å². The van der Waals surface area contributed by atoms with Crippen LogP contribution in [0, 0.1) is 0 Å². The van der Waals surface area contributed by atoms with Crippen LogP contribution in [-0.2, 0) is 4.79 Å². The minimum absolute atomic E-state index is 0.0503. The Morgan fingerprint density at radius 3 is 2.95 bits per heavy atom. The van der Waals surface area contributed by atoms with Gasteiger partial charge in [0.15, 0.2) is 11.5 Å². The zero-order valence-electron chi connectivity index (χ0n) is 11.3. The number of hydrogen-bond donors (Lipinski definition) is 2. The van der Waals surface area contributed by atoms with E-state index in [-0.39, 0.29) is 18.0 Å². The van der Waals surface area contributed by atoms with E-state index in [1.165, 1.54) is 0 Å². The van der Waals surface area contributed by atoms with Crippen LogP contribution in [0.2, 0.25) is 0 Å². The summed E-state index contributed by atoms with van der Waals surface area (Å²) in [5.41, 5.74) is 1.02. The highest BCUT2D eigenvalue weighted by Gasteiger charge is 2.24. The average molecular weight is 294 g/mol. The van der Waals surface area contributed by atoms with Crippen LogP contribution in [0.15, 0.2) is 18.2 Å². The lowest BCUT2D eigenvalue weighted by molar-refractivity contribution is -0.123. The first-order chi connectivity index (χ1) is 9.74. The molecule has 2 aliphatic rings. The summed E-state index contributed by atoms with van der Waals surface area (Å²) in [5, 5.41) is 6.20. The zero-order chi connectivity index (χ0) is 13.9. The number of nitrogens with one attached hydrogen (secondary N) is 2. The summed E-state index contributed by atoms with van der Waals surface area (Å²) < 4.78 is 11.1. The molecule has 1 saturated heterocycles. The molecule has 1 aromatic carbocycles. The fraction of sp³-hybridized carbons (Fsp3) is 0.500. The van der Waals surface area contributed by atoms with Gasteiger partial charge < -0.3 is 14.8 Å². The molecule has 6 heteroatoms. The van der Waals surface area contributed by atoms with Crippen LogP contribution in [0.1, 0.15) is 18.5 Å². The Kier molecular flexibility index (Phi) is 4.03. The van der Waals surface area contributed by atoms with E-state index in [1.807, 2.05) is 25.1 Å². The van der Waals surface area contributed by atoms with Crippen molar-refractivity contribution in [3.05, 3.63) is 23.8 Å². The van der Waals surface area contributed by atoms with Crippen LogP contribution in [0.3, 0.4) is 0 Å². The van der Waals surface area contributed by atoms with E-state index in [0.29, 0.717) is 13.2 Å². The van der Waals surface area contributed by atoms with Crippen LogP contribution in [0.4, 0.5) is 0 Å². The fourth-order valence-electron chi connectivity index (χ4n) is 2.29. The summed E-state index contributed by atoms with van der Waals surface area (Å²) in [6.07, 6.45) is 0. The van der Waals surface area contributed by atoms with Gasteiger partial charge in [0.2, 0.25) is 5.91 Å². The van der Waals surface area contributed by atoms with Gasteiger partial charge in [-0.2, -0.15) is 0 Å². The Morgan fingerprint density at radius 1 is 1.40 bits per heavy atom. The molecule has 2 heterocycles. The lowest BCUT2D eigenvalue weighted by Gasteiger charge is -2.21. The van der Waals surface area contributed by atoms with Crippen LogP contribution >= 0.6 is 11.8 Å². The van der Waals surface area contributed by atoms with Gasteiger partial charge in [0, 0.05) is 11.6 Å². The third kappa shape index (κ3) is 2.86. The van der Waals surface area contributed by atoms with Crippen molar-refractivity contribution in [1.82, 2.24) is 10.6 Å². The van der Waals surface area contributed by atoms with E-state index < -0.39 is 0 Å². The molecule has 20 heavy (non-hydrogen) atoms. The molecular weight excluding hydrogens is 276 g/mol. The molecule has 1 amide bonds. The smallest absolute Gasteiger partial charge is 0.238 e. The molecule has 1 fully saturated rings. The first kappa shape index (κ1) is 13.6. The maximum atomic E-state index is 12.1. The van der Waals surface area contributed by atoms with E-state index in [2.05, 4.69) is 10.6 Å². The second-order valence-corrected chi connectivity index (χ2v) is 5.94. The van der Waals surface area contributed by atoms with Crippen LogP contribution < -0.4 is 20.1 Å². The molecular formula is C14H18N2O3S. The summed E-state index contributed by atoms with van der Waals surface area (Å²) in [6, 6.07) is 5.67. The highest BCUT2D eigenvalue weighted by Crippen LogP contribution is 2.32. The Labute approximate surface area is 122 Å². The standard InChI is InChI=1S/C14H18N2O3S/c1-9(16-14(17)11-7-20-8-15-11)10-2-3-12-13(6-10)19-5-4-18-12/h2-3,6,9,11,15H,4-5,7-8H2,1H3,(H,16,17). The maximum absolute atomic E-state index is 12.1. The minimum atomic E-state index is -0.0836. The lowest BCUT2D eigenvalue weighted by Crippen LogP contribution is -2.42. The maximum Gasteiger partial charge on any atom is 0.238 e. The van der Waals surface area contributed by atoms with E-state index in [9.17, 15) is 4.79 Å². The van der Waals surface area contributed by atoms with Gasteiger partial charge in [-0.3, -0.25) is 10.1 Å². The second kappa shape index (κ2) is 5.93. The number of hydrogen-bond acceptors (Lipinski definition) is 5. The molecule has 0 saturated carbocycles. The number of ether oxygens (including phenoxy) is 2. The summed E-state index contributed by atoms with van der Waals surface area (Å²) in [7, 11) is 0. The minimum Gasteiger partial charge on any atom is -0.486 e. The van der Waals surface area contributed by atoms with E-state index in [1.54, 1.807) is 11.8 Å². The Balaban J connectivity index is 1.67. The summed E-state index contributed by atoms with van der Waals surface area (Å²) in [6.45, 7) is 3.13. The number of fused-ring (bicyclic) bond motifs is 1. The molecule has 108 valence electrons. The molecule has 2 atom stereocenters. The lowest BCUT2D eigenvalue weighted by atomic mass is 10.1. The second-order valence-electron chi connectivity index (χ2n) is 4.91. The number of amides is 1. The quantitative estimate of drug-likeness (QED) is 0.880. The molecule has 2 unspecified atom stereocenters. The number of rotatable bonds is 3. The number of benzene rings is 1. The normalized spacial score (nSPS) is 22.4. The molecule has 0 aromatic heterocycles. The van der Waals surface area contributed by atoms with Gasteiger partial charge in [0.05, 0.1) is 12.1 Å².